The van der Waals surface area contributed by atoms with Crippen LogP contribution in [0.15, 0.2) is 54.6 Å². The van der Waals surface area contributed by atoms with E-state index in [1.165, 1.54) is 5.56 Å². The normalized spacial score (nSPS) is 15.4. The summed E-state index contributed by atoms with van der Waals surface area (Å²) in [6.45, 7) is 9.87. The lowest BCUT2D eigenvalue weighted by atomic mass is 10.1. The zero-order valence-corrected chi connectivity index (χ0v) is 18.1. The highest BCUT2D eigenvalue weighted by Gasteiger charge is 2.23. The van der Waals surface area contributed by atoms with E-state index >= 15 is 0 Å². The maximum Gasteiger partial charge on any atom is 0.317 e. The van der Waals surface area contributed by atoms with Gasteiger partial charge in [-0.15, -0.1) is 0 Å². The summed E-state index contributed by atoms with van der Waals surface area (Å²) in [6.07, 6.45) is 0. The Balaban J connectivity index is 1.55. The number of carbonyl (C=O) groups is 1. The van der Waals surface area contributed by atoms with Crippen molar-refractivity contribution >= 4 is 23.3 Å². The average molecular weight is 415 g/mol. The first kappa shape index (κ1) is 21.5. The molecule has 1 atom stereocenters. The van der Waals surface area contributed by atoms with Gasteiger partial charge in [0.1, 0.15) is 0 Å². The number of likely N-dealkylation sites (N-methyl/N-ethyl adjacent to an activating group) is 1. The molecule has 1 heterocycles. The van der Waals surface area contributed by atoms with Gasteiger partial charge in [0.25, 0.3) is 0 Å². The van der Waals surface area contributed by atoms with E-state index in [2.05, 4.69) is 59.3 Å². The SMILES string of the molecule is CCN(CC)[C@H](CNC(=O)N1CCN(c2cccc(Cl)c2)CC1)c1ccccc1. The van der Waals surface area contributed by atoms with Crippen LogP contribution in [0.1, 0.15) is 25.5 Å². The second-order valence-corrected chi connectivity index (χ2v) is 7.72. The van der Waals surface area contributed by atoms with Crippen molar-refractivity contribution in [3.63, 3.8) is 0 Å². The third-order valence-electron chi connectivity index (χ3n) is 5.62. The molecule has 0 saturated carbocycles. The number of piperazine rings is 1. The van der Waals surface area contributed by atoms with Gasteiger partial charge < -0.3 is 15.1 Å². The molecule has 1 aliphatic heterocycles. The van der Waals surface area contributed by atoms with E-state index in [-0.39, 0.29) is 12.1 Å². The van der Waals surface area contributed by atoms with E-state index in [0.29, 0.717) is 19.6 Å². The lowest BCUT2D eigenvalue weighted by Gasteiger charge is -2.37. The molecule has 156 valence electrons. The number of hydrogen-bond donors (Lipinski definition) is 1. The second-order valence-electron chi connectivity index (χ2n) is 7.29. The van der Waals surface area contributed by atoms with Gasteiger partial charge in [0, 0.05) is 43.4 Å². The Morgan fingerprint density at radius 1 is 1.03 bits per heavy atom. The number of nitrogens with one attached hydrogen (secondary N) is 1. The molecule has 1 aliphatic rings. The summed E-state index contributed by atoms with van der Waals surface area (Å²) < 4.78 is 0. The number of urea groups is 1. The van der Waals surface area contributed by atoms with Gasteiger partial charge in [0.2, 0.25) is 0 Å². The Morgan fingerprint density at radius 3 is 2.34 bits per heavy atom. The van der Waals surface area contributed by atoms with Gasteiger partial charge in [-0.05, 0) is 36.9 Å². The molecule has 0 aliphatic carbocycles. The molecule has 1 saturated heterocycles. The quantitative estimate of drug-likeness (QED) is 0.735. The number of amides is 2. The van der Waals surface area contributed by atoms with Crippen LogP contribution >= 0.6 is 11.6 Å². The molecule has 3 rings (SSSR count). The highest BCUT2D eigenvalue weighted by Crippen LogP contribution is 2.22. The number of halogens is 1. The van der Waals surface area contributed by atoms with Gasteiger partial charge in [-0.3, -0.25) is 4.90 Å². The van der Waals surface area contributed by atoms with E-state index in [1.54, 1.807) is 0 Å². The molecule has 2 aromatic carbocycles. The second kappa shape index (κ2) is 10.5. The highest BCUT2D eigenvalue weighted by molar-refractivity contribution is 6.30. The van der Waals surface area contributed by atoms with Crippen LogP contribution < -0.4 is 10.2 Å². The van der Waals surface area contributed by atoms with Crippen molar-refractivity contribution in [1.82, 2.24) is 15.1 Å². The maximum absolute atomic E-state index is 12.8. The van der Waals surface area contributed by atoms with Crippen molar-refractivity contribution in [2.45, 2.75) is 19.9 Å². The van der Waals surface area contributed by atoms with E-state index in [0.717, 1.165) is 36.9 Å². The van der Waals surface area contributed by atoms with E-state index in [9.17, 15) is 4.79 Å². The molecule has 1 fully saturated rings. The molecule has 0 aromatic heterocycles. The van der Waals surface area contributed by atoms with Gasteiger partial charge in [0.05, 0.1) is 6.04 Å². The van der Waals surface area contributed by atoms with Crippen LogP contribution in [0.3, 0.4) is 0 Å². The van der Waals surface area contributed by atoms with Crippen molar-refractivity contribution < 1.29 is 4.79 Å². The molecule has 2 amide bonds. The summed E-state index contributed by atoms with van der Waals surface area (Å²) in [5.74, 6) is 0. The molecular formula is C23H31ClN4O. The van der Waals surface area contributed by atoms with Crippen LogP contribution in [-0.2, 0) is 0 Å². The summed E-state index contributed by atoms with van der Waals surface area (Å²) in [6, 6.07) is 18.5. The fraction of sp³-hybridized carbons (Fsp3) is 0.435. The number of rotatable bonds is 7. The van der Waals surface area contributed by atoms with Gasteiger partial charge in [-0.25, -0.2) is 4.79 Å². The van der Waals surface area contributed by atoms with E-state index in [4.69, 9.17) is 11.6 Å². The number of benzene rings is 2. The predicted octanol–water partition coefficient (Wildman–Crippen LogP) is 4.25. The predicted molar refractivity (Wildman–Crippen MR) is 121 cm³/mol. The van der Waals surface area contributed by atoms with Crippen LogP contribution in [0.4, 0.5) is 10.5 Å². The van der Waals surface area contributed by atoms with E-state index < -0.39 is 0 Å². The highest BCUT2D eigenvalue weighted by atomic mass is 35.5. The molecule has 5 nitrogen and oxygen atoms in total. The molecule has 0 spiro atoms. The number of anilines is 1. The van der Waals surface area contributed by atoms with Crippen LogP contribution in [0.2, 0.25) is 5.02 Å². The van der Waals surface area contributed by atoms with Gasteiger partial charge >= 0.3 is 6.03 Å². The standard InChI is InChI=1S/C23H31ClN4O/c1-3-26(4-2)22(19-9-6-5-7-10-19)18-25-23(29)28-15-13-27(14-16-28)21-12-8-11-20(24)17-21/h5-12,17,22H,3-4,13-16,18H2,1-2H3,(H,25,29)/t22-/m1/s1. The Labute approximate surface area is 179 Å². The van der Waals surface area contributed by atoms with Crippen LogP contribution in [0.5, 0.6) is 0 Å². The Kier molecular flexibility index (Phi) is 7.78. The lowest BCUT2D eigenvalue weighted by Crippen LogP contribution is -2.52. The molecule has 0 radical (unpaired) electrons. The zero-order valence-electron chi connectivity index (χ0n) is 17.4. The van der Waals surface area contributed by atoms with E-state index in [1.807, 2.05) is 29.2 Å². The van der Waals surface area contributed by atoms with Crippen LogP contribution in [0.25, 0.3) is 0 Å². The Hall–Kier alpha value is -2.24. The summed E-state index contributed by atoms with van der Waals surface area (Å²) in [7, 11) is 0. The molecule has 1 N–H and O–H groups in total. The monoisotopic (exact) mass is 414 g/mol. The zero-order chi connectivity index (χ0) is 20.6. The Bertz CT molecular complexity index is 773. The molecule has 29 heavy (non-hydrogen) atoms. The average Bonchev–Trinajstić information content (AvgIpc) is 2.77. The topological polar surface area (TPSA) is 38.8 Å². The number of nitrogens with zero attached hydrogens (tertiary/aromatic N) is 3. The van der Waals surface area contributed by atoms with Gasteiger partial charge in [-0.2, -0.15) is 0 Å². The lowest BCUT2D eigenvalue weighted by molar-refractivity contribution is 0.180. The minimum Gasteiger partial charge on any atom is -0.368 e. The Morgan fingerprint density at radius 2 is 1.72 bits per heavy atom. The smallest absolute Gasteiger partial charge is 0.317 e. The summed E-state index contributed by atoms with van der Waals surface area (Å²) >= 11 is 6.11. The first-order valence-electron chi connectivity index (χ1n) is 10.4. The largest absolute Gasteiger partial charge is 0.368 e. The molecule has 0 unspecified atom stereocenters. The van der Waals surface area contributed by atoms with Crippen LogP contribution in [-0.4, -0.2) is 61.6 Å². The third kappa shape index (κ3) is 5.64. The van der Waals surface area contributed by atoms with Crippen molar-refractivity contribution in [3.8, 4) is 0 Å². The summed E-state index contributed by atoms with van der Waals surface area (Å²) in [5.41, 5.74) is 2.35. The fourth-order valence-electron chi connectivity index (χ4n) is 3.93. The van der Waals surface area contributed by atoms with Crippen molar-refractivity contribution in [2.75, 3.05) is 50.7 Å². The fourth-order valence-corrected chi connectivity index (χ4v) is 4.12. The third-order valence-corrected chi connectivity index (χ3v) is 5.86. The summed E-state index contributed by atoms with van der Waals surface area (Å²) in [5, 5.41) is 3.91. The molecule has 6 heteroatoms. The first-order chi connectivity index (χ1) is 14.1. The molecule has 2 aromatic rings. The maximum atomic E-state index is 12.8. The number of carbonyl (C=O) groups excluding carboxylic acids is 1. The van der Waals surface area contributed by atoms with Gasteiger partial charge in [-0.1, -0.05) is 61.8 Å². The molecule has 0 bridgehead atoms. The minimum absolute atomic E-state index is 0.0174. The van der Waals surface area contributed by atoms with Crippen molar-refractivity contribution in [2.24, 2.45) is 0 Å². The number of hydrogen-bond acceptors (Lipinski definition) is 3. The summed E-state index contributed by atoms with van der Waals surface area (Å²) in [4.78, 5) is 19.4. The van der Waals surface area contributed by atoms with Crippen molar-refractivity contribution in [1.29, 1.82) is 0 Å². The van der Waals surface area contributed by atoms with Gasteiger partial charge in [0.15, 0.2) is 0 Å². The first-order valence-corrected chi connectivity index (χ1v) is 10.8. The minimum atomic E-state index is 0.0174. The van der Waals surface area contributed by atoms with Crippen LogP contribution in [0, 0.1) is 0 Å². The molecular weight excluding hydrogens is 384 g/mol. The van der Waals surface area contributed by atoms with Crippen molar-refractivity contribution in [3.05, 3.63) is 65.2 Å².